The summed E-state index contributed by atoms with van der Waals surface area (Å²) in [6.45, 7) is 1.26. The van der Waals surface area contributed by atoms with Crippen LogP contribution in [0.4, 0.5) is 0 Å². The first-order valence-corrected chi connectivity index (χ1v) is 8.71. The highest BCUT2D eigenvalue weighted by molar-refractivity contribution is 7.99. The van der Waals surface area contributed by atoms with E-state index in [1.165, 1.54) is 16.6 Å². The highest BCUT2D eigenvalue weighted by Gasteiger charge is 2.12. The zero-order valence-corrected chi connectivity index (χ0v) is 13.9. The number of carbonyl (C=O) groups is 1. The van der Waals surface area contributed by atoms with Crippen LogP contribution in [0.15, 0.2) is 29.0 Å². The molecule has 0 N–H and O–H groups in total. The lowest BCUT2D eigenvalue weighted by atomic mass is 10.3. The second kappa shape index (κ2) is 8.56. The summed E-state index contributed by atoms with van der Waals surface area (Å²) in [4.78, 5) is 14.8. The monoisotopic (exact) mass is 335 g/mol. The Hall–Kier alpha value is -1.85. The number of nitrogens with zero attached hydrogens (tertiary/aromatic N) is 5. The molecule has 2 aromatic rings. The summed E-state index contributed by atoms with van der Waals surface area (Å²) in [7, 11) is 1.71. The van der Waals surface area contributed by atoms with Gasteiger partial charge in [-0.3, -0.25) is 4.79 Å². The van der Waals surface area contributed by atoms with E-state index in [1.807, 2.05) is 16.7 Å². The molecular weight excluding hydrogens is 318 g/mol. The minimum atomic E-state index is -0.00643. The number of rotatable bonds is 8. The highest BCUT2D eigenvalue weighted by atomic mass is 32.2. The molecule has 0 aliphatic heterocycles. The van der Waals surface area contributed by atoms with Gasteiger partial charge in [0.1, 0.15) is 6.33 Å². The van der Waals surface area contributed by atoms with E-state index in [2.05, 4.69) is 21.6 Å². The maximum absolute atomic E-state index is 11.9. The fourth-order valence-electron chi connectivity index (χ4n) is 1.77. The largest absolute Gasteiger partial charge is 0.344 e. The molecule has 0 radical (unpaired) electrons. The number of hydrogen-bond donors (Lipinski definition) is 0. The third kappa shape index (κ3) is 4.86. The number of thioether (sulfide) groups is 1. The Labute approximate surface area is 137 Å². The molecule has 1 amide bonds. The Morgan fingerprint density at radius 1 is 1.59 bits per heavy atom. The smallest absolute Gasteiger partial charge is 0.232 e. The van der Waals surface area contributed by atoms with E-state index in [4.69, 9.17) is 5.26 Å². The van der Waals surface area contributed by atoms with Gasteiger partial charge in [0.25, 0.3) is 0 Å². The van der Waals surface area contributed by atoms with E-state index in [-0.39, 0.29) is 5.91 Å². The first kappa shape index (κ1) is 16.5. The molecule has 0 fully saturated rings. The standard InChI is InChI=1S/C14H17N5OS2/c1-18(7-3-6-15)13(20)10-22-14-17-16-11-19(14)8-5-12-4-2-9-21-12/h2,4,9,11H,3,5,7-8,10H2,1H3. The lowest BCUT2D eigenvalue weighted by Gasteiger charge is -2.14. The van der Waals surface area contributed by atoms with Crippen molar-refractivity contribution in [2.24, 2.45) is 0 Å². The van der Waals surface area contributed by atoms with Crippen molar-refractivity contribution in [3.63, 3.8) is 0 Å². The molecule has 116 valence electrons. The van der Waals surface area contributed by atoms with Gasteiger partial charge in [0.15, 0.2) is 5.16 Å². The number of hydrogen-bond acceptors (Lipinski definition) is 6. The molecule has 0 aromatic carbocycles. The molecule has 22 heavy (non-hydrogen) atoms. The third-order valence-electron chi connectivity index (χ3n) is 3.07. The van der Waals surface area contributed by atoms with E-state index in [9.17, 15) is 4.79 Å². The molecule has 2 rings (SSSR count). The molecule has 0 saturated heterocycles. The lowest BCUT2D eigenvalue weighted by Crippen LogP contribution is -2.29. The van der Waals surface area contributed by atoms with Gasteiger partial charge in [-0.05, 0) is 17.9 Å². The molecule has 2 aromatic heterocycles. The Bertz CT molecular complexity index is 632. The van der Waals surface area contributed by atoms with Crippen molar-refractivity contribution in [2.45, 2.75) is 24.5 Å². The first-order valence-electron chi connectivity index (χ1n) is 6.84. The average molecular weight is 335 g/mol. The summed E-state index contributed by atoms with van der Waals surface area (Å²) in [5.74, 6) is 0.299. The molecule has 6 nitrogen and oxygen atoms in total. The lowest BCUT2D eigenvalue weighted by molar-refractivity contribution is -0.127. The zero-order chi connectivity index (χ0) is 15.8. The van der Waals surface area contributed by atoms with Gasteiger partial charge in [-0.25, -0.2) is 0 Å². The van der Waals surface area contributed by atoms with Crippen molar-refractivity contribution in [3.05, 3.63) is 28.7 Å². The highest BCUT2D eigenvalue weighted by Crippen LogP contribution is 2.17. The van der Waals surface area contributed by atoms with Crippen LogP contribution in [0.25, 0.3) is 0 Å². The van der Waals surface area contributed by atoms with Crippen LogP contribution in [-0.4, -0.2) is 44.9 Å². The summed E-state index contributed by atoms with van der Waals surface area (Å²) < 4.78 is 1.97. The molecule has 0 aliphatic carbocycles. The van der Waals surface area contributed by atoms with E-state index in [1.54, 1.807) is 29.6 Å². The minimum absolute atomic E-state index is 0.00643. The van der Waals surface area contributed by atoms with Crippen molar-refractivity contribution in [2.75, 3.05) is 19.3 Å². The summed E-state index contributed by atoms with van der Waals surface area (Å²) in [6, 6.07) is 6.18. The Balaban J connectivity index is 1.82. The molecule has 0 atom stereocenters. The number of aromatic nitrogens is 3. The average Bonchev–Trinajstić information content (AvgIpc) is 3.19. The summed E-state index contributed by atoms with van der Waals surface area (Å²) in [5, 5.41) is 19.3. The van der Waals surface area contributed by atoms with Crippen LogP contribution in [0.1, 0.15) is 11.3 Å². The normalized spacial score (nSPS) is 10.4. The fraction of sp³-hybridized carbons (Fsp3) is 0.429. The predicted octanol–water partition coefficient (Wildman–Crippen LogP) is 2.05. The maximum Gasteiger partial charge on any atom is 0.232 e. The van der Waals surface area contributed by atoms with Crippen molar-refractivity contribution in [1.82, 2.24) is 19.7 Å². The second-order valence-corrected chi connectivity index (χ2v) is 6.62. The number of amides is 1. The first-order chi connectivity index (χ1) is 10.7. The molecule has 0 saturated carbocycles. The van der Waals surface area contributed by atoms with E-state index >= 15 is 0 Å². The number of thiophene rings is 1. The Morgan fingerprint density at radius 2 is 2.45 bits per heavy atom. The molecule has 0 aliphatic rings. The minimum Gasteiger partial charge on any atom is -0.344 e. The van der Waals surface area contributed by atoms with Crippen LogP contribution in [0.2, 0.25) is 0 Å². The summed E-state index contributed by atoms with van der Waals surface area (Å²) >= 11 is 3.11. The van der Waals surface area contributed by atoms with Crippen LogP contribution in [0, 0.1) is 11.3 Å². The van der Waals surface area contributed by atoms with Gasteiger partial charge < -0.3 is 9.47 Å². The van der Waals surface area contributed by atoms with Crippen molar-refractivity contribution in [1.29, 1.82) is 5.26 Å². The zero-order valence-electron chi connectivity index (χ0n) is 12.3. The van der Waals surface area contributed by atoms with Crippen molar-refractivity contribution >= 4 is 29.0 Å². The van der Waals surface area contributed by atoms with Gasteiger partial charge in [-0.2, -0.15) is 5.26 Å². The Morgan fingerprint density at radius 3 is 3.18 bits per heavy atom. The van der Waals surface area contributed by atoms with Gasteiger partial charge in [0.05, 0.1) is 18.2 Å². The molecule has 0 unspecified atom stereocenters. The van der Waals surface area contributed by atoms with Crippen LogP contribution in [-0.2, 0) is 17.8 Å². The number of nitriles is 1. The molecule has 2 heterocycles. The summed E-state index contributed by atoms with van der Waals surface area (Å²) in [5.41, 5.74) is 0. The molecular formula is C14H17N5OS2. The van der Waals surface area contributed by atoms with Crippen LogP contribution >= 0.6 is 23.1 Å². The third-order valence-corrected chi connectivity index (χ3v) is 4.97. The maximum atomic E-state index is 11.9. The van der Waals surface area contributed by atoms with Crippen molar-refractivity contribution in [3.8, 4) is 6.07 Å². The van der Waals surface area contributed by atoms with E-state index in [0.717, 1.165) is 18.1 Å². The number of aryl methyl sites for hydroxylation is 2. The molecule has 0 bridgehead atoms. The van der Waals surface area contributed by atoms with Gasteiger partial charge >= 0.3 is 0 Å². The predicted molar refractivity (Wildman–Crippen MR) is 86.6 cm³/mol. The fourth-order valence-corrected chi connectivity index (χ4v) is 3.35. The van der Waals surface area contributed by atoms with Crippen LogP contribution < -0.4 is 0 Å². The van der Waals surface area contributed by atoms with Gasteiger partial charge in [0.2, 0.25) is 5.91 Å². The Kier molecular flexibility index (Phi) is 6.43. The second-order valence-electron chi connectivity index (χ2n) is 4.65. The van der Waals surface area contributed by atoms with E-state index < -0.39 is 0 Å². The topological polar surface area (TPSA) is 74.8 Å². The van der Waals surface area contributed by atoms with Crippen LogP contribution in [0.5, 0.6) is 0 Å². The van der Waals surface area contributed by atoms with Gasteiger partial charge in [-0.1, -0.05) is 17.8 Å². The van der Waals surface area contributed by atoms with E-state index in [0.29, 0.717) is 18.7 Å². The van der Waals surface area contributed by atoms with Crippen molar-refractivity contribution < 1.29 is 4.79 Å². The molecule has 8 heteroatoms. The number of carbonyl (C=O) groups excluding carboxylic acids is 1. The SMILES string of the molecule is CN(CCC#N)C(=O)CSc1nncn1CCc1cccs1. The summed E-state index contributed by atoms with van der Waals surface area (Å²) in [6.07, 6.45) is 2.98. The quantitative estimate of drug-likeness (QED) is 0.690. The van der Waals surface area contributed by atoms with Gasteiger partial charge in [0, 0.05) is 25.0 Å². The molecule has 0 spiro atoms. The van der Waals surface area contributed by atoms with Crippen LogP contribution in [0.3, 0.4) is 0 Å². The van der Waals surface area contributed by atoms with Gasteiger partial charge in [-0.15, -0.1) is 21.5 Å².